The van der Waals surface area contributed by atoms with Crippen LogP contribution < -0.4 is 11.1 Å². The molecule has 1 rings (SSSR count). The number of anilines is 1. The van der Waals surface area contributed by atoms with Crippen LogP contribution in [-0.2, 0) is 4.74 Å². The first-order chi connectivity index (χ1) is 11.3. The molecule has 1 aromatic rings. The SMILES string of the molecule is CC[C@@H](COC(=O)c1ccc(N)cc1)NC(CC(C)C)CC(C)C. The Labute approximate surface area is 147 Å². The van der Waals surface area contributed by atoms with Gasteiger partial charge in [0.15, 0.2) is 0 Å². The van der Waals surface area contributed by atoms with Gasteiger partial charge in [-0.3, -0.25) is 0 Å². The largest absolute Gasteiger partial charge is 0.460 e. The molecule has 0 saturated heterocycles. The van der Waals surface area contributed by atoms with Crippen molar-refractivity contribution < 1.29 is 9.53 Å². The molecule has 3 N–H and O–H groups in total. The second-order valence-electron chi connectivity index (χ2n) is 7.45. The minimum Gasteiger partial charge on any atom is -0.460 e. The van der Waals surface area contributed by atoms with Gasteiger partial charge in [0.1, 0.15) is 6.61 Å². The number of ether oxygens (including phenoxy) is 1. The Morgan fingerprint density at radius 3 is 2.04 bits per heavy atom. The van der Waals surface area contributed by atoms with Crippen molar-refractivity contribution >= 4 is 11.7 Å². The van der Waals surface area contributed by atoms with Gasteiger partial charge in [-0.05, 0) is 55.4 Å². The van der Waals surface area contributed by atoms with Gasteiger partial charge in [-0.1, -0.05) is 34.6 Å². The monoisotopic (exact) mass is 334 g/mol. The first kappa shape index (κ1) is 20.5. The normalized spacial score (nSPS) is 12.8. The first-order valence-corrected chi connectivity index (χ1v) is 9.10. The summed E-state index contributed by atoms with van der Waals surface area (Å²) in [5.41, 5.74) is 6.83. The fourth-order valence-electron chi connectivity index (χ4n) is 2.87. The van der Waals surface area contributed by atoms with E-state index in [1.54, 1.807) is 24.3 Å². The highest BCUT2D eigenvalue weighted by atomic mass is 16.5. The third-order valence-corrected chi connectivity index (χ3v) is 4.04. The molecule has 0 radical (unpaired) electrons. The van der Waals surface area contributed by atoms with Gasteiger partial charge in [-0.2, -0.15) is 0 Å². The number of nitrogens with one attached hydrogen (secondary N) is 1. The highest BCUT2D eigenvalue weighted by Crippen LogP contribution is 2.15. The van der Waals surface area contributed by atoms with Crippen LogP contribution in [0, 0.1) is 11.8 Å². The lowest BCUT2D eigenvalue weighted by molar-refractivity contribution is 0.0452. The van der Waals surface area contributed by atoms with Gasteiger partial charge in [0.05, 0.1) is 5.56 Å². The number of rotatable bonds is 10. The van der Waals surface area contributed by atoms with E-state index in [1.165, 1.54) is 0 Å². The molecule has 0 saturated carbocycles. The molecule has 136 valence electrons. The van der Waals surface area contributed by atoms with E-state index < -0.39 is 0 Å². The third kappa shape index (κ3) is 7.82. The minimum atomic E-state index is -0.292. The molecule has 0 heterocycles. The summed E-state index contributed by atoms with van der Waals surface area (Å²) < 4.78 is 5.49. The smallest absolute Gasteiger partial charge is 0.338 e. The molecule has 24 heavy (non-hydrogen) atoms. The summed E-state index contributed by atoms with van der Waals surface area (Å²) in [4.78, 5) is 12.1. The molecule has 4 nitrogen and oxygen atoms in total. The first-order valence-electron chi connectivity index (χ1n) is 9.10. The summed E-state index contributed by atoms with van der Waals surface area (Å²) in [6.45, 7) is 11.5. The van der Waals surface area contributed by atoms with E-state index >= 15 is 0 Å². The predicted octanol–water partition coefficient (Wildman–Crippen LogP) is 4.25. The minimum absolute atomic E-state index is 0.185. The van der Waals surface area contributed by atoms with Crippen LogP contribution in [0.2, 0.25) is 0 Å². The van der Waals surface area contributed by atoms with Gasteiger partial charge in [-0.15, -0.1) is 0 Å². The third-order valence-electron chi connectivity index (χ3n) is 4.04. The summed E-state index contributed by atoms with van der Waals surface area (Å²) in [5, 5.41) is 3.69. The molecule has 0 spiro atoms. The van der Waals surface area contributed by atoms with Crippen LogP contribution in [0.4, 0.5) is 5.69 Å². The van der Waals surface area contributed by atoms with Crippen LogP contribution in [-0.4, -0.2) is 24.7 Å². The maximum atomic E-state index is 12.1. The number of hydrogen-bond donors (Lipinski definition) is 2. The molecule has 0 aliphatic rings. The van der Waals surface area contributed by atoms with Crippen molar-refractivity contribution in [2.24, 2.45) is 11.8 Å². The predicted molar refractivity (Wildman–Crippen MR) is 101 cm³/mol. The van der Waals surface area contributed by atoms with E-state index in [1.807, 2.05) is 0 Å². The zero-order chi connectivity index (χ0) is 18.1. The van der Waals surface area contributed by atoms with Gasteiger partial charge in [-0.25, -0.2) is 4.79 Å². The molecule has 0 aliphatic heterocycles. The molecule has 0 fully saturated rings. The Bertz CT molecular complexity index is 473. The van der Waals surface area contributed by atoms with E-state index in [0.717, 1.165) is 19.3 Å². The summed E-state index contributed by atoms with van der Waals surface area (Å²) >= 11 is 0. The molecule has 1 aromatic carbocycles. The van der Waals surface area contributed by atoms with E-state index in [9.17, 15) is 4.79 Å². The Morgan fingerprint density at radius 1 is 1.04 bits per heavy atom. The number of hydrogen-bond acceptors (Lipinski definition) is 4. The Morgan fingerprint density at radius 2 is 1.58 bits per heavy atom. The molecular formula is C20H34N2O2. The quantitative estimate of drug-likeness (QED) is 0.496. The highest BCUT2D eigenvalue weighted by molar-refractivity contribution is 5.89. The van der Waals surface area contributed by atoms with Gasteiger partial charge >= 0.3 is 5.97 Å². The molecule has 0 amide bonds. The topological polar surface area (TPSA) is 64.3 Å². The Hall–Kier alpha value is -1.55. The van der Waals surface area contributed by atoms with Crippen LogP contribution in [0.25, 0.3) is 0 Å². The van der Waals surface area contributed by atoms with Gasteiger partial charge < -0.3 is 15.8 Å². The lowest BCUT2D eigenvalue weighted by atomic mass is 9.95. The number of carbonyl (C=O) groups is 1. The van der Waals surface area contributed by atoms with E-state index in [2.05, 4.69) is 39.9 Å². The summed E-state index contributed by atoms with van der Waals surface area (Å²) in [7, 11) is 0. The second kappa shape index (κ2) is 10.3. The molecule has 0 aliphatic carbocycles. The molecular weight excluding hydrogens is 300 g/mol. The zero-order valence-electron chi connectivity index (χ0n) is 15.8. The fraction of sp³-hybridized carbons (Fsp3) is 0.650. The van der Waals surface area contributed by atoms with Crippen molar-refractivity contribution in [2.75, 3.05) is 12.3 Å². The standard InChI is InChI=1S/C20H34N2O2/c1-6-18(22-19(11-14(2)3)12-15(4)5)13-24-20(23)16-7-9-17(21)10-8-16/h7-10,14-15,18-19,22H,6,11-13,21H2,1-5H3/t18-/m0/s1. The van der Waals surface area contributed by atoms with E-state index in [-0.39, 0.29) is 12.0 Å². The van der Waals surface area contributed by atoms with Crippen molar-refractivity contribution in [1.82, 2.24) is 5.32 Å². The number of nitrogens with two attached hydrogens (primary N) is 1. The molecule has 0 aromatic heterocycles. The van der Waals surface area contributed by atoms with Gasteiger partial charge in [0.2, 0.25) is 0 Å². The summed E-state index contributed by atoms with van der Waals surface area (Å²) in [6, 6.07) is 7.48. The van der Waals surface area contributed by atoms with Gasteiger partial charge in [0, 0.05) is 17.8 Å². The Kier molecular flexibility index (Phi) is 8.83. The molecule has 0 bridgehead atoms. The number of nitrogen functional groups attached to an aromatic ring is 1. The maximum absolute atomic E-state index is 12.1. The maximum Gasteiger partial charge on any atom is 0.338 e. The number of esters is 1. The molecule has 0 unspecified atom stereocenters. The van der Waals surface area contributed by atoms with Crippen LogP contribution >= 0.6 is 0 Å². The molecule has 4 heteroatoms. The van der Waals surface area contributed by atoms with Crippen molar-refractivity contribution in [3.63, 3.8) is 0 Å². The Balaban J connectivity index is 2.55. The zero-order valence-corrected chi connectivity index (χ0v) is 15.8. The van der Waals surface area contributed by atoms with Crippen molar-refractivity contribution in [1.29, 1.82) is 0 Å². The summed E-state index contributed by atoms with van der Waals surface area (Å²) in [5.74, 6) is 1.01. The van der Waals surface area contributed by atoms with E-state index in [4.69, 9.17) is 10.5 Å². The second-order valence-corrected chi connectivity index (χ2v) is 7.45. The average molecular weight is 335 g/mol. The molecule has 1 atom stereocenters. The lowest BCUT2D eigenvalue weighted by Crippen LogP contribution is -2.42. The number of benzene rings is 1. The van der Waals surface area contributed by atoms with Gasteiger partial charge in [0.25, 0.3) is 0 Å². The van der Waals surface area contributed by atoms with Crippen LogP contribution in [0.15, 0.2) is 24.3 Å². The van der Waals surface area contributed by atoms with Crippen LogP contribution in [0.3, 0.4) is 0 Å². The lowest BCUT2D eigenvalue weighted by Gasteiger charge is -2.27. The summed E-state index contributed by atoms with van der Waals surface area (Å²) in [6.07, 6.45) is 3.21. The fourth-order valence-corrected chi connectivity index (χ4v) is 2.87. The van der Waals surface area contributed by atoms with E-state index in [0.29, 0.717) is 35.7 Å². The van der Waals surface area contributed by atoms with Crippen LogP contribution in [0.5, 0.6) is 0 Å². The van der Waals surface area contributed by atoms with Crippen molar-refractivity contribution in [3.05, 3.63) is 29.8 Å². The van der Waals surface area contributed by atoms with Crippen molar-refractivity contribution in [2.45, 2.75) is 66.0 Å². The highest BCUT2D eigenvalue weighted by Gasteiger charge is 2.18. The van der Waals surface area contributed by atoms with Crippen molar-refractivity contribution in [3.8, 4) is 0 Å². The number of carbonyl (C=O) groups excluding carboxylic acids is 1. The van der Waals surface area contributed by atoms with Crippen LogP contribution in [0.1, 0.15) is 64.2 Å². The average Bonchev–Trinajstić information content (AvgIpc) is 2.50.